The molecule has 0 bridgehead atoms. The molecule has 1 aromatic heterocycles. The first-order valence-electron chi connectivity index (χ1n) is 9.96. The molecule has 3 heterocycles. The van der Waals surface area contributed by atoms with E-state index in [-0.39, 0.29) is 23.9 Å². The minimum atomic E-state index is -0.151. The van der Waals surface area contributed by atoms with E-state index in [1.807, 2.05) is 24.3 Å². The summed E-state index contributed by atoms with van der Waals surface area (Å²) in [7, 11) is 0. The number of nitrogens with one attached hydrogen (secondary N) is 2. The van der Waals surface area contributed by atoms with Crippen molar-refractivity contribution < 1.29 is 4.79 Å². The summed E-state index contributed by atoms with van der Waals surface area (Å²) in [4.78, 5) is 18.2. The molecule has 0 spiro atoms. The van der Waals surface area contributed by atoms with Gasteiger partial charge in [-0.15, -0.1) is 0 Å². The Labute approximate surface area is 172 Å². The van der Waals surface area contributed by atoms with Crippen LogP contribution in [0.2, 0.25) is 0 Å². The lowest BCUT2D eigenvalue weighted by atomic mass is 9.78. The van der Waals surface area contributed by atoms with E-state index in [4.69, 9.17) is 0 Å². The molecule has 1 amide bonds. The zero-order valence-electron chi connectivity index (χ0n) is 15.7. The maximum absolute atomic E-state index is 13.5. The monoisotopic (exact) mass is 400 g/mol. The normalized spacial score (nSPS) is 24.3. The fourth-order valence-electron chi connectivity index (χ4n) is 4.75. The van der Waals surface area contributed by atoms with Crippen LogP contribution in [0.5, 0.6) is 0 Å². The van der Waals surface area contributed by atoms with Gasteiger partial charge in [0.25, 0.3) is 0 Å². The number of piperidine rings is 1. The molecule has 2 fully saturated rings. The van der Waals surface area contributed by atoms with Gasteiger partial charge >= 0.3 is 0 Å². The van der Waals surface area contributed by atoms with Crippen molar-refractivity contribution >= 4 is 43.4 Å². The standard InChI is InChI=1S/C23H20N4OS/c28-22-20-17(16-9-5-7-14-6-1-2-8-15(14)16)12-13-24-21(20)26-27(22)23-25-18-10-3-4-11-19(18)29-23/h1-11,17,20-21,24,26H,12-13H2. The van der Waals surface area contributed by atoms with Crippen molar-refractivity contribution in [3.8, 4) is 0 Å². The summed E-state index contributed by atoms with van der Waals surface area (Å²) in [6.07, 6.45) is 0.864. The number of fused-ring (bicyclic) bond motifs is 3. The van der Waals surface area contributed by atoms with Gasteiger partial charge in [-0.2, -0.15) is 0 Å². The Balaban J connectivity index is 1.40. The SMILES string of the molecule is O=C1C2C(NCCC2c2cccc3ccccc23)NN1c1nc2ccccc2s1. The highest BCUT2D eigenvalue weighted by Crippen LogP contribution is 2.41. The lowest BCUT2D eigenvalue weighted by Gasteiger charge is -2.32. The molecule has 2 saturated heterocycles. The summed E-state index contributed by atoms with van der Waals surface area (Å²) in [5, 5.41) is 8.34. The van der Waals surface area contributed by atoms with Crippen molar-refractivity contribution in [3.63, 3.8) is 0 Å². The molecule has 0 saturated carbocycles. The summed E-state index contributed by atoms with van der Waals surface area (Å²) < 4.78 is 1.09. The van der Waals surface area contributed by atoms with E-state index in [1.54, 1.807) is 16.3 Å². The molecular weight excluding hydrogens is 380 g/mol. The Hall–Kier alpha value is -2.80. The molecule has 2 N–H and O–H groups in total. The highest BCUT2D eigenvalue weighted by atomic mass is 32.1. The van der Waals surface area contributed by atoms with Crippen molar-refractivity contribution in [2.24, 2.45) is 5.92 Å². The molecule has 5 nitrogen and oxygen atoms in total. The number of hydrazine groups is 1. The van der Waals surface area contributed by atoms with Crippen molar-refractivity contribution in [2.75, 3.05) is 11.6 Å². The average molecular weight is 401 g/mol. The second kappa shape index (κ2) is 6.62. The molecule has 0 radical (unpaired) electrons. The van der Waals surface area contributed by atoms with Gasteiger partial charge in [-0.05, 0) is 41.4 Å². The number of anilines is 1. The Bertz CT molecular complexity index is 1200. The van der Waals surface area contributed by atoms with Gasteiger partial charge in [-0.3, -0.25) is 10.1 Å². The van der Waals surface area contributed by atoms with Crippen molar-refractivity contribution in [1.29, 1.82) is 0 Å². The van der Waals surface area contributed by atoms with Gasteiger partial charge < -0.3 is 0 Å². The van der Waals surface area contributed by atoms with E-state index < -0.39 is 0 Å². The molecule has 2 aliphatic rings. The minimum absolute atomic E-state index is 0.0766. The maximum Gasteiger partial charge on any atom is 0.250 e. The number of rotatable bonds is 2. The molecule has 3 aromatic carbocycles. The first kappa shape index (κ1) is 17.1. The van der Waals surface area contributed by atoms with E-state index in [9.17, 15) is 4.79 Å². The van der Waals surface area contributed by atoms with Crippen LogP contribution in [0.4, 0.5) is 5.13 Å². The van der Waals surface area contributed by atoms with Gasteiger partial charge in [0.05, 0.1) is 22.3 Å². The molecule has 6 heteroatoms. The fourth-order valence-corrected chi connectivity index (χ4v) is 5.69. The van der Waals surface area contributed by atoms with Crippen LogP contribution in [0.1, 0.15) is 17.9 Å². The summed E-state index contributed by atoms with van der Waals surface area (Å²) >= 11 is 1.55. The van der Waals surface area contributed by atoms with Crippen molar-refractivity contribution in [3.05, 3.63) is 72.3 Å². The van der Waals surface area contributed by atoms with Crippen LogP contribution in [-0.2, 0) is 4.79 Å². The molecule has 0 aliphatic carbocycles. The number of aromatic nitrogens is 1. The minimum Gasteiger partial charge on any atom is -0.300 e. The topological polar surface area (TPSA) is 57.3 Å². The fraction of sp³-hybridized carbons (Fsp3) is 0.217. The lowest BCUT2D eigenvalue weighted by molar-refractivity contribution is -0.121. The molecule has 144 valence electrons. The Morgan fingerprint density at radius 2 is 1.83 bits per heavy atom. The molecule has 3 unspecified atom stereocenters. The molecule has 2 aliphatic heterocycles. The molecular formula is C23H20N4OS. The second-order valence-corrected chi connectivity index (χ2v) is 8.70. The zero-order valence-corrected chi connectivity index (χ0v) is 16.5. The Morgan fingerprint density at radius 1 is 1.00 bits per heavy atom. The average Bonchev–Trinajstić information content (AvgIpc) is 3.34. The van der Waals surface area contributed by atoms with Gasteiger partial charge in [0.1, 0.15) is 0 Å². The third-order valence-electron chi connectivity index (χ3n) is 6.08. The third-order valence-corrected chi connectivity index (χ3v) is 7.10. The second-order valence-electron chi connectivity index (χ2n) is 7.69. The van der Waals surface area contributed by atoms with E-state index in [2.05, 4.69) is 58.2 Å². The number of carbonyl (C=O) groups excluding carboxylic acids is 1. The van der Waals surface area contributed by atoms with Gasteiger partial charge in [-0.1, -0.05) is 65.9 Å². The highest BCUT2D eigenvalue weighted by Gasteiger charge is 2.48. The smallest absolute Gasteiger partial charge is 0.250 e. The van der Waals surface area contributed by atoms with Crippen LogP contribution in [0.3, 0.4) is 0 Å². The molecule has 29 heavy (non-hydrogen) atoms. The summed E-state index contributed by atoms with van der Waals surface area (Å²) in [6, 6.07) is 22.9. The van der Waals surface area contributed by atoms with E-state index >= 15 is 0 Å². The number of amides is 1. The zero-order chi connectivity index (χ0) is 19.4. The maximum atomic E-state index is 13.5. The number of thiazole rings is 1. The Morgan fingerprint density at radius 3 is 2.76 bits per heavy atom. The first-order valence-corrected chi connectivity index (χ1v) is 10.8. The largest absolute Gasteiger partial charge is 0.300 e. The van der Waals surface area contributed by atoms with Gasteiger partial charge in [-0.25, -0.2) is 15.4 Å². The number of carbonyl (C=O) groups is 1. The van der Waals surface area contributed by atoms with Gasteiger partial charge in [0.2, 0.25) is 11.0 Å². The predicted molar refractivity (Wildman–Crippen MR) is 117 cm³/mol. The number of hydrogen-bond acceptors (Lipinski definition) is 5. The number of benzene rings is 3. The highest BCUT2D eigenvalue weighted by molar-refractivity contribution is 7.22. The predicted octanol–water partition coefficient (Wildman–Crippen LogP) is 4.02. The number of para-hydroxylation sites is 1. The third kappa shape index (κ3) is 2.68. The van der Waals surface area contributed by atoms with Gasteiger partial charge in [0.15, 0.2) is 0 Å². The summed E-state index contributed by atoms with van der Waals surface area (Å²) in [5.74, 6) is 0.118. The van der Waals surface area contributed by atoms with E-state index in [1.165, 1.54) is 16.3 Å². The van der Waals surface area contributed by atoms with Crippen LogP contribution in [0.25, 0.3) is 21.0 Å². The molecule has 4 aromatic rings. The quantitative estimate of drug-likeness (QED) is 0.534. The van der Waals surface area contributed by atoms with E-state index in [0.717, 1.165) is 23.2 Å². The Kier molecular flexibility index (Phi) is 3.90. The van der Waals surface area contributed by atoms with Crippen LogP contribution in [0, 0.1) is 5.92 Å². The van der Waals surface area contributed by atoms with Gasteiger partial charge in [0, 0.05) is 5.92 Å². The van der Waals surface area contributed by atoms with Crippen LogP contribution >= 0.6 is 11.3 Å². The summed E-state index contributed by atoms with van der Waals surface area (Å²) in [6.45, 7) is 0.878. The number of nitrogens with zero attached hydrogens (tertiary/aromatic N) is 2. The lowest BCUT2D eigenvalue weighted by Crippen LogP contribution is -2.50. The van der Waals surface area contributed by atoms with Crippen molar-refractivity contribution in [1.82, 2.24) is 15.7 Å². The first-order chi connectivity index (χ1) is 14.3. The van der Waals surface area contributed by atoms with E-state index in [0.29, 0.717) is 5.13 Å². The van der Waals surface area contributed by atoms with Crippen LogP contribution < -0.4 is 15.8 Å². The molecule has 3 atom stereocenters. The summed E-state index contributed by atoms with van der Waals surface area (Å²) in [5.41, 5.74) is 5.58. The van der Waals surface area contributed by atoms with Crippen LogP contribution in [0.15, 0.2) is 66.7 Å². The number of hydrogen-bond donors (Lipinski definition) is 2. The molecule has 6 rings (SSSR count). The van der Waals surface area contributed by atoms with Crippen LogP contribution in [-0.4, -0.2) is 23.6 Å². The van der Waals surface area contributed by atoms with Crippen molar-refractivity contribution in [2.45, 2.75) is 18.5 Å².